The molecule has 17 heavy (non-hydrogen) atoms. The Morgan fingerprint density at radius 1 is 1.06 bits per heavy atom. The van der Waals surface area contributed by atoms with Crippen LogP contribution in [0, 0.1) is 5.92 Å². The van der Waals surface area contributed by atoms with Crippen molar-refractivity contribution < 1.29 is 4.74 Å². The molecule has 0 saturated heterocycles. The quantitative estimate of drug-likeness (QED) is 0.687. The third kappa shape index (κ3) is 4.97. The lowest BCUT2D eigenvalue weighted by Gasteiger charge is -2.26. The molecule has 0 bridgehead atoms. The number of ether oxygens (including phenoxy) is 1. The first kappa shape index (κ1) is 13.4. The number of hydrogen-bond donors (Lipinski definition) is 1. The van der Waals surface area contributed by atoms with E-state index >= 15 is 0 Å². The standard InChI is InChI=1S/C15H29NO/c1-2-11-16-14-6-4-3-5-7-15(14)17-12-10-13-8-9-13/h13-16H,2-12H2,1H3. The van der Waals surface area contributed by atoms with E-state index in [4.69, 9.17) is 4.74 Å². The minimum Gasteiger partial charge on any atom is -0.377 e. The normalized spacial score (nSPS) is 30.2. The number of nitrogens with one attached hydrogen (secondary N) is 1. The number of rotatable bonds is 7. The lowest BCUT2D eigenvalue weighted by molar-refractivity contribution is 0.0190. The molecule has 0 radical (unpaired) electrons. The second-order valence-corrected chi connectivity index (χ2v) is 5.84. The van der Waals surface area contributed by atoms with Crippen LogP contribution in [0.2, 0.25) is 0 Å². The summed E-state index contributed by atoms with van der Waals surface area (Å²) in [6, 6.07) is 0.622. The number of hydrogen-bond acceptors (Lipinski definition) is 2. The summed E-state index contributed by atoms with van der Waals surface area (Å²) < 4.78 is 6.16. The molecule has 2 aliphatic carbocycles. The van der Waals surface area contributed by atoms with Crippen LogP contribution >= 0.6 is 0 Å². The Morgan fingerprint density at radius 2 is 1.88 bits per heavy atom. The largest absolute Gasteiger partial charge is 0.377 e. The molecule has 1 N–H and O–H groups in total. The molecule has 0 amide bonds. The summed E-state index contributed by atoms with van der Waals surface area (Å²) in [4.78, 5) is 0. The SMILES string of the molecule is CCCNC1CCCCCC1OCCC1CC1. The Hall–Kier alpha value is -0.0800. The minimum absolute atomic E-state index is 0.489. The Kier molecular flexibility index (Phi) is 5.79. The van der Waals surface area contributed by atoms with Gasteiger partial charge in [-0.1, -0.05) is 39.0 Å². The van der Waals surface area contributed by atoms with E-state index in [1.54, 1.807) is 0 Å². The molecular weight excluding hydrogens is 210 g/mol. The third-order valence-corrected chi connectivity index (χ3v) is 4.16. The molecule has 100 valence electrons. The first-order valence-corrected chi connectivity index (χ1v) is 7.75. The Labute approximate surface area is 107 Å². The fourth-order valence-electron chi connectivity index (χ4n) is 2.83. The van der Waals surface area contributed by atoms with Crippen molar-refractivity contribution in [2.45, 2.75) is 76.9 Å². The van der Waals surface area contributed by atoms with Gasteiger partial charge in [-0.3, -0.25) is 0 Å². The molecule has 2 heteroatoms. The van der Waals surface area contributed by atoms with Crippen LogP contribution in [0.15, 0.2) is 0 Å². The molecule has 2 unspecified atom stereocenters. The molecule has 2 atom stereocenters. The van der Waals surface area contributed by atoms with Crippen LogP contribution in [0.1, 0.15) is 64.7 Å². The maximum absolute atomic E-state index is 6.16. The van der Waals surface area contributed by atoms with Gasteiger partial charge in [-0.05, 0) is 38.1 Å². The van der Waals surface area contributed by atoms with E-state index in [1.807, 2.05) is 0 Å². The predicted molar refractivity (Wildman–Crippen MR) is 72.2 cm³/mol. The van der Waals surface area contributed by atoms with E-state index in [0.717, 1.165) is 19.1 Å². The van der Waals surface area contributed by atoms with Gasteiger partial charge in [0.1, 0.15) is 0 Å². The molecule has 0 aliphatic heterocycles. The van der Waals surface area contributed by atoms with E-state index in [0.29, 0.717) is 12.1 Å². The highest BCUT2D eigenvalue weighted by molar-refractivity contribution is 4.81. The maximum atomic E-state index is 6.16. The van der Waals surface area contributed by atoms with Gasteiger partial charge >= 0.3 is 0 Å². The monoisotopic (exact) mass is 239 g/mol. The molecular formula is C15H29NO. The van der Waals surface area contributed by atoms with Crippen LogP contribution in [0.25, 0.3) is 0 Å². The van der Waals surface area contributed by atoms with Crippen LogP contribution in [-0.2, 0) is 4.74 Å². The Bertz CT molecular complexity index is 203. The molecule has 0 aromatic carbocycles. The van der Waals surface area contributed by atoms with E-state index in [-0.39, 0.29) is 0 Å². The highest BCUT2D eigenvalue weighted by Crippen LogP contribution is 2.32. The molecule has 0 spiro atoms. The van der Waals surface area contributed by atoms with Crippen molar-refractivity contribution in [2.24, 2.45) is 5.92 Å². The molecule has 2 saturated carbocycles. The summed E-state index contributed by atoms with van der Waals surface area (Å²) in [5, 5.41) is 3.69. The van der Waals surface area contributed by atoms with E-state index < -0.39 is 0 Å². The van der Waals surface area contributed by atoms with E-state index in [9.17, 15) is 0 Å². The summed E-state index contributed by atoms with van der Waals surface area (Å²) in [6.45, 7) is 4.39. The van der Waals surface area contributed by atoms with Gasteiger partial charge < -0.3 is 10.1 Å². The van der Waals surface area contributed by atoms with Gasteiger partial charge in [-0.15, -0.1) is 0 Å². The molecule has 0 aromatic heterocycles. The van der Waals surface area contributed by atoms with Crippen molar-refractivity contribution in [3.8, 4) is 0 Å². The zero-order chi connectivity index (χ0) is 11.9. The lowest BCUT2D eigenvalue weighted by Crippen LogP contribution is -2.41. The van der Waals surface area contributed by atoms with Gasteiger partial charge in [-0.25, -0.2) is 0 Å². The first-order valence-electron chi connectivity index (χ1n) is 7.75. The van der Waals surface area contributed by atoms with Crippen LogP contribution in [0.5, 0.6) is 0 Å². The lowest BCUT2D eigenvalue weighted by atomic mass is 10.1. The summed E-state index contributed by atoms with van der Waals surface area (Å²) >= 11 is 0. The topological polar surface area (TPSA) is 21.3 Å². The first-order chi connectivity index (χ1) is 8.40. The Morgan fingerprint density at radius 3 is 2.65 bits per heavy atom. The minimum atomic E-state index is 0.489. The molecule has 2 aliphatic rings. The highest BCUT2D eigenvalue weighted by Gasteiger charge is 2.25. The van der Waals surface area contributed by atoms with E-state index in [2.05, 4.69) is 12.2 Å². The van der Waals surface area contributed by atoms with Crippen LogP contribution in [-0.4, -0.2) is 25.3 Å². The van der Waals surface area contributed by atoms with Crippen molar-refractivity contribution in [3.05, 3.63) is 0 Å². The van der Waals surface area contributed by atoms with Crippen molar-refractivity contribution in [2.75, 3.05) is 13.2 Å². The fourth-order valence-corrected chi connectivity index (χ4v) is 2.83. The van der Waals surface area contributed by atoms with Crippen LogP contribution in [0.4, 0.5) is 0 Å². The van der Waals surface area contributed by atoms with Crippen molar-refractivity contribution in [3.63, 3.8) is 0 Å². The zero-order valence-corrected chi connectivity index (χ0v) is 11.4. The van der Waals surface area contributed by atoms with Gasteiger partial charge in [-0.2, -0.15) is 0 Å². The summed E-state index contributed by atoms with van der Waals surface area (Å²) in [7, 11) is 0. The summed E-state index contributed by atoms with van der Waals surface area (Å²) in [6.07, 6.45) is 12.6. The highest BCUT2D eigenvalue weighted by atomic mass is 16.5. The van der Waals surface area contributed by atoms with Gasteiger partial charge in [0, 0.05) is 12.6 Å². The summed E-state index contributed by atoms with van der Waals surface area (Å²) in [5.41, 5.74) is 0. The smallest absolute Gasteiger partial charge is 0.0728 e. The van der Waals surface area contributed by atoms with Crippen molar-refractivity contribution >= 4 is 0 Å². The predicted octanol–water partition coefficient (Wildman–Crippen LogP) is 3.50. The zero-order valence-electron chi connectivity index (χ0n) is 11.4. The molecule has 2 nitrogen and oxygen atoms in total. The maximum Gasteiger partial charge on any atom is 0.0728 e. The third-order valence-electron chi connectivity index (χ3n) is 4.16. The second kappa shape index (κ2) is 7.38. The molecule has 2 rings (SSSR count). The molecule has 0 aromatic rings. The Balaban J connectivity index is 1.71. The van der Waals surface area contributed by atoms with E-state index in [1.165, 1.54) is 57.8 Å². The molecule has 2 fully saturated rings. The van der Waals surface area contributed by atoms with Crippen LogP contribution < -0.4 is 5.32 Å². The average molecular weight is 239 g/mol. The van der Waals surface area contributed by atoms with Gasteiger partial charge in [0.05, 0.1) is 6.10 Å². The fraction of sp³-hybridized carbons (Fsp3) is 1.00. The average Bonchev–Trinajstić information content (AvgIpc) is 3.14. The summed E-state index contributed by atoms with van der Waals surface area (Å²) in [5.74, 6) is 1.00. The van der Waals surface area contributed by atoms with Crippen molar-refractivity contribution in [1.29, 1.82) is 0 Å². The van der Waals surface area contributed by atoms with Gasteiger partial charge in [0.25, 0.3) is 0 Å². The van der Waals surface area contributed by atoms with Gasteiger partial charge in [0.15, 0.2) is 0 Å². The van der Waals surface area contributed by atoms with Crippen LogP contribution in [0.3, 0.4) is 0 Å². The van der Waals surface area contributed by atoms with Gasteiger partial charge in [0.2, 0.25) is 0 Å². The molecule has 0 heterocycles. The van der Waals surface area contributed by atoms with Crippen molar-refractivity contribution in [1.82, 2.24) is 5.32 Å². The second-order valence-electron chi connectivity index (χ2n) is 5.84.